The Bertz CT molecular complexity index is 1300. The first-order valence-corrected chi connectivity index (χ1v) is 12.3. The molecule has 0 bridgehead atoms. The zero-order valence-electron chi connectivity index (χ0n) is 18.5. The molecule has 3 atom stereocenters. The number of halogens is 4. The fourth-order valence-electron chi connectivity index (χ4n) is 4.18. The van der Waals surface area contributed by atoms with E-state index in [-0.39, 0.29) is 18.1 Å². The summed E-state index contributed by atoms with van der Waals surface area (Å²) in [6, 6.07) is 3.54. The Morgan fingerprint density at radius 3 is 2.62 bits per heavy atom. The van der Waals surface area contributed by atoms with Crippen LogP contribution in [0.2, 0.25) is 0 Å². The van der Waals surface area contributed by atoms with Gasteiger partial charge < -0.3 is 4.90 Å². The molecule has 1 aliphatic heterocycles. The highest BCUT2D eigenvalue weighted by atomic mass is 32.2. The predicted molar refractivity (Wildman–Crippen MR) is 116 cm³/mol. The van der Waals surface area contributed by atoms with Crippen LogP contribution in [0.25, 0.3) is 17.0 Å². The number of nitrogens with zero attached hydrogens (tertiary/aromatic N) is 6. The molecule has 3 aromatic heterocycles. The van der Waals surface area contributed by atoms with Gasteiger partial charge in [0.25, 0.3) is 12.3 Å². The van der Waals surface area contributed by atoms with Gasteiger partial charge in [0, 0.05) is 30.5 Å². The van der Waals surface area contributed by atoms with E-state index in [0.29, 0.717) is 11.3 Å². The van der Waals surface area contributed by atoms with Crippen LogP contribution >= 0.6 is 0 Å². The van der Waals surface area contributed by atoms with Gasteiger partial charge in [-0.15, -0.1) is 0 Å². The molecule has 34 heavy (non-hydrogen) atoms. The summed E-state index contributed by atoms with van der Waals surface area (Å²) in [5.74, 6) is -4.71. The van der Waals surface area contributed by atoms with E-state index in [4.69, 9.17) is 0 Å². The van der Waals surface area contributed by atoms with E-state index >= 15 is 0 Å². The van der Waals surface area contributed by atoms with Gasteiger partial charge in [-0.1, -0.05) is 6.92 Å². The lowest BCUT2D eigenvalue weighted by molar-refractivity contribution is -0.0876. The number of aromatic nitrogens is 5. The molecule has 0 saturated carbocycles. The molecule has 3 aromatic rings. The van der Waals surface area contributed by atoms with Crippen LogP contribution in [0.15, 0.2) is 30.7 Å². The lowest BCUT2D eigenvalue weighted by Crippen LogP contribution is -2.59. The largest absolute Gasteiger partial charge is 0.347 e. The van der Waals surface area contributed by atoms with Gasteiger partial charge in [-0.25, -0.2) is 50.2 Å². The third kappa shape index (κ3) is 4.69. The lowest BCUT2D eigenvalue weighted by atomic mass is 9.79. The first-order chi connectivity index (χ1) is 15.9. The number of sulfonamides is 1. The highest BCUT2D eigenvalue weighted by Crippen LogP contribution is 2.41. The molecule has 1 fully saturated rings. The standard InChI is InChI=1S/C20H23F4N7O2S/c1-11-13(7-28-34(3,32)33)12(2)30(9-20(11,23)24)18-6-15(26-10-27-18)16-8-25-17-5-4-14(19(21)22)29-31(16)17/h4-6,8,10-13,19,28H,7,9H2,1-3H3. The van der Waals surface area contributed by atoms with Crippen molar-refractivity contribution in [3.63, 3.8) is 0 Å². The second-order valence-electron chi connectivity index (χ2n) is 8.44. The number of fused-ring (bicyclic) bond motifs is 1. The minimum atomic E-state index is -3.57. The Hall–Kier alpha value is -2.87. The van der Waals surface area contributed by atoms with E-state index in [2.05, 4.69) is 24.8 Å². The molecule has 0 amide bonds. The van der Waals surface area contributed by atoms with Crippen LogP contribution in [0.1, 0.15) is 26.0 Å². The van der Waals surface area contributed by atoms with Crippen molar-refractivity contribution in [2.24, 2.45) is 11.8 Å². The SMILES string of the molecule is CC1C(CNS(C)(=O)=O)C(C)C(F)(F)CN1c1cc(-c2cnc3ccc(C(F)F)nn23)ncn1. The topological polar surface area (TPSA) is 105 Å². The minimum Gasteiger partial charge on any atom is -0.347 e. The highest BCUT2D eigenvalue weighted by Gasteiger charge is 2.50. The van der Waals surface area contributed by atoms with Crippen LogP contribution in [-0.4, -0.2) is 64.3 Å². The maximum Gasteiger partial charge on any atom is 0.282 e. The van der Waals surface area contributed by atoms with E-state index in [1.165, 1.54) is 47.1 Å². The van der Waals surface area contributed by atoms with E-state index < -0.39 is 52.5 Å². The second kappa shape index (κ2) is 8.73. The lowest BCUT2D eigenvalue weighted by Gasteiger charge is -2.47. The predicted octanol–water partition coefficient (Wildman–Crippen LogP) is 2.77. The molecule has 4 heterocycles. The van der Waals surface area contributed by atoms with Gasteiger partial charge in [-0.05, 0) is 19.1 Å². The first-order valence-electron chi connectivity index (χ1n) is 10.4. The van der Waals surface area contributed by atoms with Crippen molar-refractivity contribution in [3.8, 4) is 11.4 Å². The molecule has 0 radical (unpaired) electrons. The Morgan fingerprint density at radius 1 is 1.21 bits per heavy atom. The van der Waals surface area contributed by atoms with Gasteiger partial charge in [0.2, 0.25) is 10.0 Å². The monoisotopic (exact) mass is 501 g/mol. The van der Waals surface area contributed by atoms with Crippen LogP contribution in [0.3, 0.4) is 0 Å². The number of hydrogen-bond donors (Lipinski definition) is 1. The van der Waals surface area contributed by atoms with Gasteiger partial charge in [0.05, 0.1) is 24.7 Å². The maximum atomic E-state index is 14.9. The quantitative estimate of drug-likeness (QED) is 0.518. The van der Waals surface area contributed by atoms with Crippen LogP contribution in [-0.2, 0) is 10.0 Å². The van der Waals surface area contributed by atoms with Gasteiger partial charge in [0.1, 0.15) is 23.5 Å². The fourth-order valence-corrected chi connectivity index (χ4v) is 4.68. The Morgan fingerprint density at radius 2 is 1.94 bits per heavy atom. The number of alkyl halides is 4. The number of imidazole rings is 1. The molecule has 4 rings (SSSR count). The summed E-state index contributed by atoms with van der Waals surface area (Å²) in [4.78, 5) is 13.9. The summed E-state index contributed by atoms with van der Waals surface area (Å²) in [5.41, 5.74) is 0.427. The first kappa shape index (κ1) is 24.3. The van der Waals surface area contributed by atoms with Gasteiger partial charge in [0.15, 0.2) is 5.65 Å². The van der Waals surface area contributed by atoms with Crippen molar-refractivity contribution in [2.75, 3.05) is 24.2 Å². The third-order valence-electron chi connectivity index (χ3n) is 6.20. The molecule has 1 N–H and O–H groups in total. The molecule has 184 valence electrons. The highest BCUT2D eigenvalue weighted by molar-refractivity contribution is 7.88. The molecular formula is C20H23F4N7O2S. The van der Waals surface area contributed by atoms with Gasteiger partial charge in [-0.3, -0.25) is 0 Å². The van der Waals surface area contributed by atoms with Crippen molar-refractivity contribution < 1.29 is 26.0 Å². The number of hydrogen-bond acceptors (Lipinski definition) is 7. The zero-order valence-corrected chi connectivity index (χ0v) is 19.3. The molecule has 9 nitrogen and oxygen atoms in total. The Labute approximate surface area is 193 Å². The van der Waals surface area contributed by atoms with Gasteiger partial charge >= 0.3 is 0 Å². The van der Waals surface area contributed by atoms with E-state index in [9.17, 15) is 26.0 Å². The third-order valence-corrected chi connectivity index (χ3v) is 6.89. The van der Waals surface area contributed by atoms with Crippen molar-refractivity contribution in [3.05, 3.63) is 36.4 Å². The van der Waals surface area contributed by atoms with Crippen LogP contribution < -0.4 is 9.62 Å². The number of piperidine rings is 1. The summed E-state index contributed by atoms with van der Waals surface area (Å²) in [6.45, 7) is 2.35. The molecule has 1 aliphatic rings. The van der Waals surface area contributed by atoms with E-state index in [1.807, 2.05) is 0 Å². The molecule has 0 spiro atoms. The van der Waals surface area contributed by atoms with E-state index in [1.54, 1.807) is 6.92 Å². The molecular weight excluding hydrogens is 478 g/mol. The average Bonchev–Trinajstić information content (AvgIpc) is 3.19. The average molecular weight is 502 g/mol. The Kier molecular flexibility index (Phi) is 6.23. The number of rotatable bonds is 6. The number of nitrogens with one attached hydrogen (secondary N) is 1. The van der Waals surface area contributed by atoms with Crippen LogP contribution in [0, 0.1) is 11.8 Å². The molecule has 3 unspecified atom stereocenters. The summed E-state index contributed by atoms with van der Waals surface area (Å²) < 4.78 is 82.7. The van der Waals surface area contributed by atoms with Crippen molar-refractivity contribution in [1.29, 1.82) is 0 Å². The Balaban J connectivity index is 1.70. The summed E-state index contributed by atoms with van der Waals surface area (Å²) in [5, 5.41) is 3.91. The molecule has 1 saturated heterocycles. The number of anilines is 1. The van der Waals surface area contributed by atoms with Crippen molar-refractivity contribution in [1.82, 2.24) is 29.3 Å². The fraction of sp³-hybridized carbons (Fsp3) is 0.500. The summed E-state index contributed by atoms with van der Waals surface area (Å²) in [6.07, 6.45) is 0.782. The zero-order chi connectivity index (χ0) is 24.8. The summed E-state index contributed by atoms with van der Waals surface area (Å²) >= 11 is 0. The molecule has 0 aliphatic carbocycles. The van der Waals surface area contributed by atoms with Crippen LogP contribution in [0.5, 0.6) is 0 Å². The maximum absolute atomic E-state index is 14.9. The molecule has 0 aromatic carbocycles. The normalized spacial score (nSPS) is 23.1. The minimum absolute atomic E-state index is 0.154. The van der Waals surface area contributed by atoms with E-state index in [0.717, 1.165) is 6.26 Å². The summed E-state index contributed by atoms with van der Waals surface area (Å²) in [7, 11) is -3.57. The smallest absolute Gasteiger partial charge is 0.282 e. The van der Waals surface area contributed by atoms with Crippen LogP contribution in [0.4, 0.5) is 23.4 Å². The molecule has 14 heteroatoms. The van der Waals surface area contributed by atoms with Gasteiger partial charge in [-0.2, -0.15) is 5.10 Å². The van der Waals surface area contributed by atoms with Crippen molar-refractivity contribution >= 4 is 21.5 Å². The van der Waals surface area contributed by atoms with Crippen molar-refractivity contribution in [2.45, 2.75) is 32.2 Å². The second-order valence-corrected chi connectivity index (χ2v) is 10.3.